The summed E-state index contributed by atoms with van der Waals surface area (Å²) in [4.78, 5) is 22.7. The second-order valence-corrected chi connectivity index (χ2v) is 18.4. The lowest BCUT2D eigenvalue weighted by molar-refractivity contribution is 0.0171. The molecular weight excluding hydrogens is 550 g/mol. The van der Waals surface area contributed by atoms with Gasteiger partial charge in [0.1, 0.15) is 35.5 Å². The highest BCUT2D eigenvalue weighted by molar-refractivity contribution is 6.76. The molecule has 1 unspecified atom stereocenters. The number of benzene rings is 1. The zero-order chi connectivity index (χ0) is 31.0. The van der Waals surface area contributed by atoms with Gasteiger partial charge in [0.25, 0.3) is 0 Å². The van der Waals surface area contributed by atoms with Crippen LogP contribution in [-0.2, 0) is 26.5 Å². The van der Waals surface area contributed by atoms with Crippen molar-refractivity contribution in [2.45, 2.75) is 78.2 Å². The van der Waals surface area contributed by atoms with E-state index in [2.05, 4.69) is 30.7 Å². The molecule has 0 radical (unpaired) electrons. The molecule has 4 rings (SSSR count). The van der Waals surface area contributed by atoms with Gasteiger partial charge in [-0.25, -0.2) is 14.8 Å². The molecule has 0 saturated heterocycles. The van der Waals surface area contributed by atoms with Crippen molar-refractivity contribution in [2.24, 2.45) is 0 Å². The molecule has 0 bridgehead atoms. The van der Waals surface area contributed by atoms with Crippen LogP contribution >= 0.6 is 0 Å². The first-order valence-electron chi connectivity index (χ1n) is 14.0. The summed E-state index contributed by atoms with van der Waals surface area (Å²) in [7, 11) is 1.91. The zero-order valence-electron chi connectivity index (χ0n) is 26.3. The van der Waals surface area contributed by atoms with Gasteiger partial charge in [0.15, 0.2) is 11.2 Å². The molecule has 3 aromatic heterocycles. The number of rotatable bonds is 9. The number of hydrogen-bond donors (Lipinski definition) is 0. The molecule has 0 spiro atoms. The second kappa shape index (κ2) is 11.5. The number of nitriles is 1. The van der Waals surface area contributed by atoms with Gasteiger partial charge in [-0.3, -0.25) is 9.13 Å². The van der Waals surface area contributed by atoms with Crippen LogP contribution in [0.15, 0.2) is 30.6 Å². The SMILES string of the molecule is COc1cc(C)c2c(ccn2C(=O)OC(C)(C)C)c1C(C)(OC)c1nc2cc(C#N)cnc2n1COCC[Si](C)(C)C. The molecule has 0 aliphatic carbocycles. The number of methoxy groups -OCH3 is 2. The Morgan fingerprint density at radius 2 is 1.86 bits per heavy atom. The number of hydrogen-bond acceptors (Lipinski definition) is 8. The van der Waals surface area contributed by atoms with E-state index in [0.717, 1.165) is 17.0 Å². The number of fused-ring (bicyclic) bond motifs is 2. The smallest absolute Gasteiger partial charge is 0.419 e. The van der Waals surface area contributed by atoms with E-state index in [4.69, 9.17) is 23.9 Å². The normalized spacial score (nSPS) is 13.7. The predicted molar refractivity (Wildman–Crippen MR) is 165 cm³/mol. The van der Waals surface area contributed by atoms with Gasteiger partial charge in [0, 0.05) is 45.1 Å². The van der Waals surface area contributed by atoms with Crippen molar-refractivity contribution in [1.29, 1.82) is 5.26 Å². The Labute approximate surface area is 248 Å². The second-order valence-electron chi connectivity index (χ2n) is 12.8. The van der Waals surface area contributed by atoms with Crippen LogP contribution < -0.4 is 4.74 Å². The fourth-order valence-corrected chi connectivity index (χ4v) is 5.78. The standard InChI is InChI=1S/C31H41N5O5Si/c1-20-15-24(38-6)25(22-11-12-35(26(20)22)29(37)41-30(2,3)4)31(5,39-7)28-34-23-16-21(17-32)18-33-27(23)36(28)19-40-13-14-42(8,9)10/h11-12,15-16,18H,13-14,19H2,1-10H3. The lowest BCUT2D eigenvalue weighted by Crippen LogP contribution is -2.32. The number of carbonyl (C=O) groups excluding carboxylic acids is 1. The van der Waals surface area contributed by atoms with Crippen LogP contribution in [-0.4, -0.2) is 59.7 Å². The summed E-state index contributed by atoms with van der Waals surface area (Å²) in [6.45, 7) is 17.1. The predicted octanol–water partition coefficient (Wildman–Crippen LogP) is 6.58. The van der Waals surface area contributed by atoms with E-state index < -0.39 is 25.4 Å². The van der Waals surface area contributed by atoms with Crippen LogP contribution in [0.5, 0.6) is 5.75 Å². The monoisotopic (exact) mass is 591 g/mol. The average Bonchev–Trinajstić information content (AvgIpc) is 3.51. The number of nitrogens with zero attached hydrogens (tertiary/aromatic N) is 5. The maximum Gasteiger partial charge on any atom is 0.419 e. The van der Waals surface area contributed by atoms with Crippen molar-refractivity contribution >= 4 is 36.2 Å². The number of ether oxygens (including phenoxy) is 4. The summed E-state index contributed by atoms with van der Waals surface area (Å²) in [5, 5.41) is 10.3. The van der Waals surface area contributed by atoms with Crippen molar-refractivity contribution in [2.75, 3.05) is 20.8 Å². The van der Waals surface area contributed by atoms with Gasteiger partial charge in [-0.1, -0.05) is 19.6 Å². The zero-order valence-corrected chi connectivity index (χ0v) is 27.3. The maximum absolute atomic E-state index is 13.2. The topological polar surface area (TPSA) is 113 Å². The van der Waals surface area contributed by atoms with Crippen molar-refractivity contribution in [1.82, 2.24) is 19.1 Å². The van der Waals surface area contributed by atoms with Gasteiger partial charge >= 0.3 is 6.09 Å². The van der Waals surface area contributed by atoms with E-state index >= 15 is 0 Å². The van der Waals surface area contributed by atoms with Crippen LogP contribution in [0.2, 0.25) is 25.7 Å². The van der Waals surface area contributed by atoms with E-state index in [1.165, 1.54) is 10.8 Å². The summed E-state index contributed by atoms with van der Waals surface area (Å²) >= 11 is 0. The molecule has 42 heavy (non-hydrogen) atoms. The quantitative estimate of drug-likeness (QED) is 0.158. The summed E-state index contributed by atoms with van der Waals surface area (Å²) in [6.07, 6.45) is 2.75. The molecule has 0 fully saturated rings. The fourth-order valence-electron chi connectivity index (χ4n) is 5.02. The van der Waals surface area contributed by atoms with Crippen LogP contribution in [0, 0.1) is 18.3 Å². The molecule has 0 saturated carbocycles. The summed E-state index contributed by atoms with van der Waals surface area (Å²) in [6, 6.07) is 8.61. The largest absolute Gasteiger partial charge is 0.496 e. The Morgan fingerprint density at radius 1 is 1.14 bits per heavy atom. The van der Waals surface area contributed by atoms with Gasteiger partial charge < -0.3 is 18.9 Å². The number of imidazole rings is 1. The number of aryl methyl sites for hydroxylation is 1. The molecule has 4 aromatic rings. The Balaban J connectivity index is 1.95. The van der Waals surface area contributed by atoms with Crippen LogP contribution in [0.4, 0.5) is 4.79 Å². The molecule has 1 atom stereocenters. The molecule has 0 aliphatic rings. The Kier molecular flexibility index (Phi) is 8.56. The van der Waals surface area contributed by atoms with E-state index in [1.54, 1.807) is 26.5 Å². The van der Waals surface area contributed by atoms with Crippen LogP contribution in [0.25, 0.3) is 22.1 Å². The first-order valence-corrected chi connectivity index (χ1v) is 17.7. The van der Waals surface area contributed by atoms with E-state index in [-0.39, 0.29) is 6.73 Å². The first kappa shape index (κ1) is 31.2. The third kappa shape index (κ3) is 6.06. The third-order valence-corrected chi connectivity index (χ3v) is 8.88. The van der Waals surface area contributed by atoms with E-state index in [9.17, 15) is 10.1 Å². The minimum absolute atomic E-state index is 0.199. The highest BCUT2D eigenvalue weighted by atomic mass is 28.3. The number of aromatic nitrogens is 4. The van der Waals surface area contributed by atoms with Gasteiger partial charge in [-0.05, 0) is 64.4 Å². The van der Waals surface area contributed by atoms with Crippen molar-refractivity contribution in [3.63, 3.8) is 0 Å². The van der Waals surface area contributed by atoms with Crippen LogP contribution in [0.1, 0.15) is 50.2 Å². The number of carbonyl (C=O) groups is 1. The molecular formula is C31H41N5O5Si. The lowest BCUT2D eigenvalue weighted by atomic mass is 9.89. The minimum Gasteiger partial charge on any atom is -0.496 e. The van der Waals surface area contributed by atoms with Gasteiger partial charge in [0.05, 0.1) is 18.2 Å². The molecule has 0 aliphatic heterocycles. The Hall–Kier alpha value is -3.72. The van der Waals surface area contributed by atoms with Crippen molar-refractivity contribution < 1.29 is 23.7 Å². The molecule has 0 N–H and O–H groups in total. The lowest BCUT2D eigenvalue weighted by Gasteiger charge is -2.31. The summed E-state index contributed by atoms with van der Waals surface area (Å²) in [5.74, 6) is 1.11. The summed E-state index contributed by atoms with van der Waals surface area (Å²) in [5.41, 5.74) is 1.91. The molecule has 1 aromatic carbocycles. The van der Waals surface area contributed by atoms with Crippen molar-refractivity contribution in [3.05, 3.63) is 53.1 Å². The Morgan fingerprint density at radius 3 is 2.45 bits per heavy atom. The first-order chi connectivity index (χ1) is 19.6. The van der Waals surface area contributed by atoms with Crippen molar-refractivity contribution in [3.8, 4) is 11.8 Å². The van der Waals surface area contributed by atoms with E-state index in [0.29, 0.717) is 46.0 Å². The fraction of sp³-hybridized carbons (Fsp3) is 0.484. The maximum atomic E-state index is 13.2. The van der Waals surface area contributed by atoms with Crippen LogP contribution in [0.3, 0.4) is 0 Å². The molecule has 10 nitrogen and oxygen atoms in total. The minimum atomic E-state index is -1.31. The molecule has 0 amide bonds. The average molecular weight is 592 g/mol. The highest BCUT2D eigenvalue weighted by Crippen LogP contribution is 2.44. The van der Waals surface area contributed by atoms with Gasteiger partial charge in [-0.2, -0.15) is 5.26 Å². The molecule has 224 valence electrons. The molecule has 11 heteroatoms. The molecule has 3 heterocycles. The number of pyridine rings is 1. The van der Waals surface area contributed by atoms with Gasteiger partial charge in [0.2, 0.25) is 0 Å². The van der Waals surface area contributed by atoms with E-state index in [1.807, 2.05) is 51.3 Å². The van der Waals surface area contributed by atoms with Gasteiger partial charge in [-0.15, -0.1) is 0 Å². The highest BCUT2D eigenvalue weighted by Gasteiger charge is 2.40. The third-order valence-electron chi connectivity index (χ3n) is 7.18. The Bertz CT molecular complexity index is 1670. The summed E-state index contributed by atoms with van der Waals surface area (Å²) < 4.78 is 27.5.